The van der Waals surface area contributed by atoms with Gasteiger partial charge in [0.1, 0.15) is 5.75 Å². The fourth-order valence-corrected chi connectivity index (χ4v) is 6.86. The molecule has 1 amide bonds. The Hall–Kier alpha value is -2.60. The van der Waals surface area contributed by atoms with Crippen LogP contribution in [-0.4, -0.2) is 64.7 Å². The first-order valence-electron chi connectivity index (χ1n) is 12.2. The monoisotopic (exact) mass is 432 g/mol. The van der Waals surface area contributed by atoms with Crippen molar-refractivity contribution in [2.45, 2.75) is 50.6 Å². The zero-order valence-electron chi connectivity index (χ0n) is 18.8. The minimum Gasteiger partial charge on any atom is -0.496 e. The number of aromatic amines is 1. The lowest BCUT2D eigenvalue weighted by atomic mass is 9.68. The highest BCUT2D eigenvalue weighted by molar-refractivity contribution is 6.00. The molecule has 0 saturated carbocycles. The van der Waals surface area contributed by atoms with Gasteiger partial charge in [-0.2, -0.15) is 5.10 Å². The highest BCUT2D eigenvalue weighted by Crippen LogP contribution is 2.45. The van der Waals surface area contributed by atoms with Crippen LogP contribution in [0.1, 0.15) is 48.9 Å². The Balaban J connectivity index is 1.34. The molecular weight excluding hydrogens is 400 g/mol. The first-order chi connectivity index (χ1) is 15.7. The number of para-hydroxylation sites is 1. The number of carbonyl (C=O) groups excluding carboxylic acids is 1. The number of piperidine rings is 3. The van der Waals surface area contributed by atoms with Crippen molar-refractivity contribution in [3.63, 3.8) is 0 Å². The first-order valence-corrected chi connectivity index (χ1v) is 12.2. The second kappa shape index (κ2) is 8.07. The van der Waals surface area contributed by atoms with Crippen molar-refractivity contribution < 1.29 is 9.53 Å². The fourth-order valence-electron chi connectivity index (χ4n) is 6.86. The number of amides is 1. The molecule has 4 heterocycles. The van der Waals surface area contributed by atoms with Crippen LogP contribution in [-0.2, 0) is 0 Å². The number of nitrogens with zero attached hydrogens (tertiary/aromatic N) is 3. The predicted octanol–water partition coefficient (Wildman–Crippen LogP) is 4.12. The van der Waals surface area contributed by atoms with Crippen LogP contribution in [0.25, 0.3) is 11.3 Å². The van der Waals surface area contributed by atoms with Crippen LogP contribution < -0.4 is 4.74 Å². The molecule has 168 valence electrons. The van der Waals surface area contributed by atoms with Gasteiger partial charge in [0.15, 0.2) is 0 Å². The molecule has 0 radical (unpaired) electrons. The highest BCUT2D eigenvalue weighted by Gasteiger charge is 2.47. The van der Waals surface area contributed by atoms with E-state index in [9.17, 15) is 4.79 Å². The summed E-state index contributed by atoms with van der Waals surface area (Å²) in [5.41, 5.74) is 3.78. The zero-order valence-corrected chi connectivity index (χ0v) is 18.8. The average molecular weight is 433 g/mol. The summed E-state index contributed by atoms with van der Waals surface area (Å²) in [6.07, 6.45) is 11.7. The van der Waals surface area contributed by atoms with Crippen LogP contribution in [0.5, 0.6) is 5.75 Å². The molecule has 1 N–H and O–H groups in total. The van der Waals surface area contributed by atoms with Crippen molar-refractivity contribution in [1.82, 2.24) is 20.0 Å². The van der Waals surface area contributed by atoms with Crippen LogP contribution in [0.4, 0.5) is 0 Å². The Morgan fingerprint density at radius 3 is 3.00 bits per heavy atom. The van der Waals surface area contributed by atoms with Crippen LogP contribution in [0.15, 0.2) is 42.1 Å². The van der Waals surface area contributed by atoms with E-state index in [0.717, 1.165) is 49.0 Å². The maximum Gasteiger partial charge on any atom is 0.258 e. The third-order valence-electron chi connectivity index (χ3n) is 8.16. The molecule has 3 unspecified atom stereocenters. The number of carbonyl (C=O) groups is 1. The van der Waals surface area contributed by atoms with Gasteiger partial charge in [0.2, 0.25) is 0 Å². The second-order valence-corrected chi connectivity index (χ2v) is 9.87. The number of ether oxygens (including phenoxy) is 1. The number of benzene rings is 1. The van der Waals surface area contributed by atoms with Gasteiger partial charge in [-0.05, 0) is 62.6 Å². The molecular formula is C26H32N4O2. The van der Waals surface area contributed by atoms with Crippen molar-refractivity contribution in [3.05, 3.63) is 47.7 Å². The van der Waals surface area contributed by atoms with Crippen molar-refractivity contribution in [1.29, 1.82) is 0 Å². The lowest BCUT2D eigenvalue weighted by Gasteiger charge is -2.54. The Morgan fingerprint density at radius 2 is 2.09 bits per heavy atom. The highest BCUT2D eigenvalue weighted by atomic mass is 16.5. The van der Waals surface area contributed by atoms with E-state index in [0.29, 0.717) is 17.4 Å². The van der Waals surface area contributed by atoms with E-state index in [1.807, 2.05) is 24.3 Å². The molecule has 3 saturated heterocycles. The van der Waals surface area contributed by atoms with E-state index >= 15 is 0 Å². The molecule has 6 nitrogen and oxygen atoms in total. The Bertz CT molecular complexity index is 1040. The maximum atomic E-state index is 13.9. The summed E-state index contributed by atoms with van der Waals surface area (Å²) < 4.78 is 5.55. The standard InChI is InChI=1S/C26H32N4O2/c1-32-23-10-3-2-8-20(23)24-21(15-27-28-24)26(31)30-12-6-7-17-13-18-14-19(25(17)30)16-29-11-5-4-9-22(18)29/h2-3,8,10,13,15,18-19,22,25H,4-7,9,11-12,14,16H2,1H3,(H,27,28)/t18-,19?,22?,25?/m0/s1. The summed E-state index contributed by atoms with van der Waals surface area (Å²) in [7, 11) is 1.66. The van der Waals surface area contributed by atoms with E-state index in [1.54, 1.807) is 13.3 Å². The first kappa shape index (κ1) is 20.0. The molecule has 2 aromatic rings. The maximum absolute atomic E-state index is 13.9. The zero-order chi connectivity index (χ0) is 21.7. The number of H-pyrrole nitrogens is 1. The van der Waals surface area contributed by atoms with E-state index < -0.39 is 0 Å². The van der Waals surface area contributed by atoms with E-state index in [1.165, 1.54) is 37.8 Å². The lowest BCUT2D eigenvalue weighted by molar-refractivity contribution is 0.00150. The van der Waals surface area contributed by atoms with Gasteiger partial charge in [-0.1, -0.05) is 30.2 Å². The average Bonchev–Trinajstić information content (AvgIpc) is 3.33. The van der Waals surface area contributed by atoms with Gasteiger partial charge >= 0.3 is 0 Å². The number of nitrogens with one attached hydrogen (secondary N) is 1. The van der Waals surface area contributed by atoms with E-state index in [2.05, 4.69) is 26.1 Å². The Labute approximate surface area is 189 Å². The quantitative estimate of drug-likeness (QED) is 0.741. The summed E-state index contributed by atoms with van der Waals surface area (Å²) in [6.45, 7) is 3.18. The molecule has 1 aliphatic carbocycles. The smallest absolute Gasteiger partial charge is 0.258 e. The number of rotatable bonds is 3. The summed E-state index contributed by atoms with van der Waals surface area (Å²) in [5.74, 6) is 2.05. The van der Waals surface area contributed by atoms with E-state index in [4.69, 9.17) is 4.74 Å². The van der Waals surface area contributed by atoms with Crippen LogP contribution in [0, 0.1) is 11.8 Å². The van der Waals surface area contributed by atoms with Crippen LogP contribution in [0.3, 0.4) is 0 Å². The topological polar surface area (TPSA) is 61.5 Å². The number of aromatic nitrogens is 2. The van der Waals surface area contributed by atoms with Crippen molar-refractivity contribution in [3.8, 4) is 17.0 Å². The number of fused-ring (bicyclic) bond motifs is 6. The molecule has 2 bridgehead atoms. The lowest BCUT2D eigenvalue weighted by Crippen LogP contribution is -2.60. The van der Waals surface area contributed by atoms with Crippen molar-refractivity contribution in [2.75, 3.05) is 26.7 Å². The van der Waals surface area contributed by atoms with Crippen LogP contribution >= 0.6 is 0 Å². The number of likely N-dealkylation sites (tertiary alicyclic amines) is 1. The van der Waals surface area contributed by atoms with E-state index in [-0.39, 0.29) is 11.9 Å². The van der Waals surface area contributed by atoms with Gasteiger partial charge in [0, 0.05) is 24.7 Å². The molecule has 32 heavy (non-hydrogen) atoms. The molecule has 1 aromatic heterocycles. The fraction of sp³-hybridized carbons (Fsp3) is 0.538. The summed E-state index contributed by atoms with van der Waals surface area (Å²) in [5, 5.41) is 7.33. The molecule has 6 heteroatoms. The van der Waals surface area contributed by atoms with Gasteiger partial charge in [0.05, 0.1) is 30.6 Å². The third kappa shape index (κ3) is 3.19. The summed E-state index contributed by atoms with van der Waals surface area (Å²) in [6, 6.07) is 8.77. The van der Waals surface area contributed by atoms with Gasteiger partial charge in [-0.3, -0.25) is 14.8 Å². The Kier molecular flexibility index (Phi) is 5.05. The number of hydrogen-bond donors (Lipinski definition) is 1. The molecule has 4 atom stereocenters. The minimum absolute atomic E-state index is 0.0921. The molecule has 6 rings (SSSR count). The third-order valence-corrected chi connectivity index (χ3v) is 8.16. The van der Waals surface area contributed by atoms with Gasteiger partial charge in [0.25, 0.3) is 5.91 Å². The second-order valence-electron chi connectivity index (χ2n) is 9.87. The SMILES string of the molecule is COc1ccccc1-c1[nH]ncc1C(=O)N1CCCC2=C[C@H]3CC(CN4CCCCC34)C21. The Morgan fingerprint density at radius 1 is 1.19 bits per heavy atom. The molecule has 3 aliphatic heterocycles. The van der Waals surface area contributed by atoms with Crippen molar-refractivity contribution >= 4 is 5.91 Å². The normalized spacial score (nSPS) is 29.7. The van der Waals surface area contributed by atoms with Crippen LogP contribution in [0.2, 0.25) is 0 Å². The number of methoxy groups -OCH3 is 1. The minimum atomic E-state index is 0.0921. The summed E-state index contributed by atoms with van der Waals surface area (Å²) in [4.78, 5) is 18.8. The van der Waals surface area contributed by atoms with Gasteiger partial charge in [-0.25, -0.2) is 0 Å². The molecule has 4 aliphatic rings. The largest absolute Gasteiger partial charge is 0.496 e. The van der Waals surface area contributed by atoms with Gasteiger partial charge in [-0.15, -0.1) is 0 Å². The number of hydrogen-bond acceptors (Lipinski definition) is 4. The molecule has 1 aromatic carbocycles. The summed E-state index contributed by atoms with van der Waals surface area (Å²) >= 11 is 0. The predicted molar refractivity (Wildman–Crippen MR) is 124 cm³/mol. The van der Waals surface area contributed by atoms with Gasteiger partial charge < -0.3 is 9.64 Å². The molecule has 3 fully saturated rings. The molecule has 0 spiro atoms. The van der Waals surface area contributed by atoms with Crippen molar-refractivity contribution in [2.24, 2.45) is 11.8 Å².